The SMILES string of the molecule is CCN(CC)CCOc1ccc2nc(Sc3ccc(C)cc3)sc2c1. The van der Waals surface area contributed by atoms with Gasteiger partial charge in [-0.25, -0.2) is 4.98 Å². The standard InChI is InChI=1S/C20H24N2OS2/c1-4-22(5-2)12-13-23-16-8-11-18-19(14-16)25-20(21-18)24-17-9-6-15(3)7-10-17/h6-11,14H,4-5,12-13H2,1-3H3. The predicted molar refractivity (Wildman–Crippen MR) is 108 cm³/mol. The molecule has 25 heavy (non-hydrogen) atoms. The summed E-state index contributed by atoms with van der Waals surface area (Å²) in [6.45, 7) is 10.3. The highest BCUT2D eigenvalue weighted by molar-refractivity contribution is 8.01. The Morgan fingerprint density at radius 3 is 2.56 bits per heavy atom. The zero-order valence-electron chi connectivity index (χ0n) is 15.0. The van der Waals surface area contributed by atoms with Crippen molar-refractivity contribution in [3.8, 4) is 5.75 Å². The van der Waals surface area contributed by atoms with E-state index in [0.717, 1.165) is 41.8 Å². The molecule has 0 aliphatic carbocycles. The van der Waals surface area contributed by atoms with Gasteiger partial charge in [0.25, 0.3) is 0 Å². The smallest absolute Gasteiger partial charge is 0.155 e. The van der Waals surface area contributed by atoms with Crippen LogP contribution in [0.1, 0.15) is 19.4 Å². The highest BCUT2D eigenvalue weighted by Gasteiger charge is 2.07. The van der Waals surface area contributed by atoms with E-state index in [0.29, 0.717) is 0 Å². The van der Waals surface area contributed by atoms with Gasteiger partial charge in [0, 0.05) is 11.4 Å². The van der Waals surface area contributed by atoms with Crippen molar-refractivity contribution in [2.75, 3.05) is 26.2 Å². The minimum absolute atomic E-state index is 0.719. The van der Waals surface area contributed by atoms with Gasteiger partial charge in [0.15, 0.2) is 4.34 Å². The van der Waals surface area contributed by atoms with E-state index in [1.54, 1.807) is 23.1 Å². The quantitative estimate of drug-likeness (QED) is 0.523. The molecule has 1 heterocycles. The minimum atomic E-state index is 0.719. The Labute approximate surface area is 158 Å². The first-order valence-corrected chi connectivity index (χ1v) is 10.3. The zero-order chi connectivity index (χ0) is 17.6. The lowest BCUT2D eigenvalue weighted by atomic mass is 10.2. The number of thiazole rings is 1. The van der Waals surface area contributed by atoms with Crippen LogP contribution in [0.3, 0.4) is 0 Å². The van der Waals surface area contributed by atoms with Gasteiger partial charge in [0.1, 0.15) is 12.4 Å². The summed E-state index contributed by atoms with van der Waals surface area (Å²) in [4.78, 5) is 8.31. The van der Waals surface area contributed by atoms with E-state index < -0.39 is 0 Å². The Morgan fingerprint density at radius 2 is 1.84 bits per heavy atom. The van der Waals surface area contributed by atoms with E-state index in [2.05, 4.69) is 62.1 Å². The molecule has 3 rings (SSSR count). The molecule has 0 bridgehead atoms. The number of likely N-dealkylation sites (N-methyl/N-ethyl adjacent to an activating group) is 1. The molecular weight excluding hydrogens is 348 g/mol. The Morgan fingerprint density at radius 1 is 1.08 bits per heavy atom. The Bertz CT molecular complexity index is 810. The number of nitrogens with zero attached hydrogens (tertiary/aromatic N) is 2. The Hall–Kier alpha value is -1.56. The first kappa shape index (κ1) is 18.2. The van der Waals surface area contributed by atoms with Gasteiger partial charge in [-0.05, 0) is 50.3 Å². The topological polar surface area (TPSA) is 25.4 Å². The number of hydrogen-bond acceptors (Lipinski definition) is 5. The van der Waals surface area contributed by atoms with Gasteiger partial charge in [-0.1, -0.05) is 43.3 Å². The number of aryl methyl sites for hydroxylation is 1. The van der Waals surface area contributed by atoms with E-state index in [1.165, 1.54) is 15.2 Å². The normalized spacial score (nSPS) is 11.4. The maximum atomic E-state index is 5.92. The second kappa shape index (κ2) is 8.70. The summed E-state index contributed by atoms with van der Waals surface area (Å²) in [5.74, 6) is 0.926. The van der Waals surface area contributed by atoms with Crippen molar-refractivity contribution >= 4 is 33.3 Å². The van der Waals surface area contributed by atoms with Crippen molar-refractivity contribution in [1.29, 1.82) is 0 Å². The third-order valence-corrected chi connectivity index (χ3v) is 6.22. The maximum absolute atomic E-state index is 5.92. The van der Waals surface area contributed by atoms with Gasteiger partial charge >= 0.3 is 0 Å². The van der Waals surface area contributed by atoms with Crippen molar-refractivity contribution in [3.05, 3.63) is 48.0 Å². The highest BCUT2D eigenvalue weighted by atomic mass is 32.2. The summed E-state index contributed by atoms with van der Waals surface area (Å²) in [6.07, 6.45) is 0. The summed E-state index contributed by atoms with van der Waals surface area (Å²) in [6, 6.07) is 14.7. The fraction of sp³-hybridized carbons (Fsp3) is 0.350. The molecule has 0 saturated heterocycles. The van der Waals surface area contributed by atoms with Crippen LogP contribution in [0.4, 0.5) is 0 Å². The van der Waals surface area contributed by atoms with Crippen LogP contribution in [0, 0.1) is 6.92 Å². The molecule has 0 atom stereocenters. The van der Waals surface area contributed by atoms with Crippen LogP contribution in [0.5, 0.6) is 5.75 Å². The van der Waals surface area contributed by atoms with Crippen molar-refractivity contribution < 1.29 is 4.74 Å². The summed E-state index contributed by atoms with van der Waals surface area (Å²) in [5.41, 5.74) is 2.32. The lowest BCUT2D eigenvalue weighted by Gasteiger charge is -2.17. The number of aromatic nitrogens is 1. The second-order valence-electron chi connectivity index (χ2n) is 5.90. The van der Waals surface area contributed by atoms with Crippen LogP contribution in [0.15, 0.2) is 51.7 Å². The zero-order valence-corrected chi connectivity index (χ0v) is 16.6. The molecule has 2 aromatic carbocycles. The molecule has 5 heteroatoms. The van der Waals surface area contributed by atoms with Gasteiger partial charge < -0.3 is 9.64 Å². The molecule has 0 saturated carbocycles. The molecule has 1 aromatic heterocycles. The van der Waals surface area contributed by atoms with Crippen molar-refractivity contribution in [3.63, 3.8) is 0 Å². The number of rotatable bonds is 8. The maximum Gasteiger partial charge on any atom is 0.155 e. The van der Waals surface area contributed by atoms with Gasteiger partial charge in [-0.15, -0.1) is 11.3 Å². The molecule has 0 fully saturated rings. The third-order valence-electron chi connectivity index (χ3n) is 4.14. The van der Waals surface area contributed by atoms with Crippen LogP contribution in [0.2, 0.25) is 0 Å². The highest BCUT2D eigenvalue weighted by Crippen LogP contribution is 2.35. The second-order valence-corrected chi connectivity index (χ2v) is 8.25. The van der Waals surface area contributed by atoms with E-state index in [-0.39, 0.29) is 0 Å². The van der Waals surface area contributed by atoms with E-state index in [9.17, 15) is 0 Å². The van der Waals surface area contributed by atoms with Crippen LogP contribution in [0.25, 0.3) is 10.2 Å². The molecule has 0 aliphatic heterocycles. The lowest BCUT2D eigenvalue weighted by Crippen LogP contribution is -2.27. The van der Waals surface area contributed by atoms with Crippen LogP contribution < -0.4 is 4.74 Å². The van der Waals surface area contributed by atoms with E-state index in [4.69, 9.17) is 9.72 Å². The minimum Gasteiger partial charge on any atom is -0.492 e. The Balaban J connectivity index is 1.65. The molecule has 0 amide bonds. The molecule has 132 valence electrons. The number of ether oxygens (including phenoxy) is 1. The molecule has 0 unspecified atom stereocenters. The molecule has 3 nitrogen and oxygen atoms in total. The van der Waals surface area contributed by atoms with Crippen molar-refractivity contribution in [2.45, 2.75) is 30.0 Å². The van der Waals surface area contributed by atoms with Crippen molar-refractivity contribution in [2.24, 2.45) is 0 Å². The molecule has 3 aromatic rings. The third kappa shape index (κ3) is 4.97. The fourth-order valence-corrected chi connectivity index (χ4v) is 4.62. The van der Waals surface area contributed by atoms with Gasteiger partial charge in [0.2, 0.25) is 0 Å². The lowest BCUT2D eigenvalue weighted by molar-refractivity contribution is 0.223. The summed E-state index contributed by atoms with van der Waals surface area (Å²) in [5, 5.41) is 0. The number of benzene rings is 2. The number of hydrogen-bond donors (Lipinski definition) is 0. The summed E-state index contributed by atoms with van der Waals surface area (Å²) >= 11 is 3.44. The van der Waals surface area contributed by atoms with E-state index in [1.807, 2.05) is 6.07 Å². The van der Waals surface area contributed by atoms with Gasteiger partial charge in [0.05, 0.1) is 10.2 Å². The molecule has 0 aliphatic rings. The molecule has 0 radical (unpaired) electrons. The molecule has 0 spiro atoms. The predicted octanol–water partition coefficient (Wildman–Crippen LogP) is 5.48. The average molecular weight is 373 g/mol. The average Bonchev–Trinajstić information content (AvgIpc) is 3.02. The first-order chi connectivity index (χ1) is 12.2. The fourth-order valence-electron chi connectivity index (χ4n) is 2.56. The monoisotopic (exact) mass is 372 g/mol. The number of fused-ring (bicyclic) bond motifs is 1. The summed E-state index contributed by atoms with van der Waals surface area (Å²) in [7, 11) is 0. The van der Waals surface area contributed by atoms with Gasteiger partial charge in [-0.3, -0.25) is 0 Å². The van der Waals surface area contributed by atoms with Crippen molar-refractivity contribution in [1.82, 2.24) is 9.88 Å². The summed E-state index contributed by atoms with van der Waals surface area (Å²) < 4.78 is 8.16. The first-order valence-electron chi connectivity index (χ1n) is 8.68. The van der Waals surface area contributed by atoms with Crippen LogP contribution in [-0.2, 0) is 0 Å². The van der Waals surface area contributed by atoms with E-state index >= 15 is 0 Å². The largest absolute Gasteiger partial charge is 0.492 e. The van der Waals surface area contributed by atoms with Gasteiger partial charge in [-0.2, -0.15) is 0 Å². The van der Waals surface area contributed by atoms with Crippen LogP contribution in [-0.4, -0.2) is 36.1 Å². The molecule has 0 N–H and O–H groups in total. The molecular formula is C20H24N2OS2. The van der Waals surface area contributed by atoms with Crippen LogP contribution >= 0.6 is 23.1 Å². The Kier molecular flexibility index (Phi) is 6.34.